The fourth-order valence-electron chi connectivity index (χ4n) is 1.58. The van der Waals surface area contributed by atoms with Crippen molar-refractivity contribution in [3.05, 3.63) is 48.5 Å². The Morgan fingerprint density at radius 3 is 1.69 bits per heavy atom. The van der Waals surface area contributed by atoms with Gasteiger partial charge in [-0.25, -0.2) is 0 Å². The minimum atomic E-state index is 0. The first kappa shape index (κ1) is 13.5. The van der Waals surface area contributed by atoms with Gasteiger partial charge in [0.1, 0.15) is 0 Å². The Hall–Kier alpha value is -0.601. The van der Waals surface area contributed by atoms with Crippen molar-refractivity contribution in [2.75, 3.05) is 5.32 Å². The van der Waals surface area contributed by atoms with Crippen LogP contribution in [0.1, 0.15) is 0 Å². The molecule has 1 heterocycles. The second-order valence-electron chi connectivity index (χ2n) is 3.22. The van der Waals surface area contributed by atoms with Crippen molar-refractivity contribution in [2.24, 2.45) is 0 Å². The zero-order valence-electron chi connectivity index (χ0n) is 8.21. The molecule has 1 N–H and O–H groups in total. The number of hydrogen-bond donors (Lipinski definition) is 1. The van der Waals surface area contributed by atoms with Gasteiger partial charge in [0.25, 0.3) is 0 Å². The Labute approximate surface area is 116 Å². The number of anilines is 2. The van der Waals surface area contributed by atoms with Gasteiger partial charge in [0, 0.05) is 9.79 Å². The summed E-state index contributed by atoms with van der Waals surface area (Å²) in [4.78, 5) is 2.59. The molecule has 0 saturated carbocycles. The number of halogens is 1. The van der Waals surface area contributed by atoms with Crippen LogP contribution in [0.3, 0.4) is 0 Å². The van der Waals surface area contributed by atoms with Crippen LogP contribution in [-0.4, -0.2) is 0 Å². The van der Waals surface area contributed by atoms with E-state index in [1.54, 1.807) is 0 Å². The van der Waals surface area contributed by atoms with E-state index in [1.165, 1.54) is 21.2 Å². The van der Waals surface area contributed by atoms with Crippen LogP contribution in [0.25, 0.3) is 0 Å². The molecule has 1 radical (unpaired) electrons. The summed E-state index contributed by atoms with van der Waals surface area (Å²) in [5, 5.41) is 3.42. The zero-order chi connectivity index (χ0) is 9.38. The average molecular weight is 298 g/mol. The molecule has 1 aliphatic rings. The van der Waals surface area contributed by atoms with Crippen LogP contribution >= 0.6 is 11.8 Å². The molecule has 3 rings (SSSR count). The van der Waals surface area contributed by atoms with Gasteiger partial charge in [-0.3, -0.25) is 0 Å². The van der Waals surface area contributed by atoms with E-state index in [2.05, 4.69) is 53.8 Å². The van der Waals surface area contributed by atoms with Crippen LogP contribution in [0, 0.1) is 0 Å². The van der Waals surface area contributed by atoms with Crippen LogP contribution in [0.5, 0.6) is 0 Å². The molecule has 2 aromatic rings. The second kappa shape index (κ2) is 5.65. The molecule has 4 heteroatoms. The molecule has 0 aromatic heterocycles. The maximum Gasteiger partial charge on any atom is 2.00 e. The second-order valence-corrected chi connectivity index (χ2v) is 4.30. The van der Waals surface area contributed by atoms with Gasteiger partial charge < -0.3 is 17.7 Å². The van der Waals surface area contributed by atoms with Gasteiger partial charge in [0.2, 0.25) is 0 Å². The molecule has 0 amide bonds. The van der Waals surface area contributed by atoms with E-state index >= 15 is 0 Å². The molecule has 0 atom stereocenters. The molecule has 1 aliphatic heterocycles. The number of rotatable bonds is 0. The predicted molar refractivity (Wildman–Crippen MR) is 60.3 cm³/mol. The Morgan fingerprint density at radius 2 is 1.19 bits per heavy atom. The van der Waals surface area contributed by atoms with Crippen molar-refractivity contribution in [2.45, 2.75) is 9.79 Å². The van der Waals surface area contributed by atoms with Crippen LogP contribution < -0.4 is 17.7 Å². The Bertz CT molecular complexity index is 402. The molecular formula is C12H9ClCuNS+. The quantitative estimate of drug-likeness (QED) is 0.619. The van der Waals surface area contributed by atoms with Crippen molar-refractivity contribution >= 4 is 23.1 Å². The summed E-state index contributed by atoms with van der Waals surface area (Å²) in [5.41, 5.74) is 2.41. The molecule has 85 valence electrons. The number of para-hydroxylation sites is 2. The molecule has 0 spiro atoms. The summed E-state index contributed by atoms with van der Waals surface area (Å²) < 4.78 is 0. The SMILES string of the molecule is [Cl-].[Cu+2].c1ccc2c(c1)Nc1ccccc1S2. The van der Waals surface area contributed by atoms with E-state index in [9.17, 15) is 0 Å². The summed E-state index contributed by atoms with van der Waals surface area (Å²) in [7, 11) is 0. The monoisotopic (exact) mass is 297 g/mol. The van der Waals surface area contributed by atoms with Gasteiger partial charge >= 0.3 is 17.1 Å². The summed E-state index contributed by atoms with van der Waals surface area (Å²) in [5.74, 6) is 0. The van der Waals surface area contributed by atoms with Gasteiger partial charge in [-0.2, -0.15) is 0 Å². The number of fused-ring (bicyclic) bond motifs is 2. The average Bonchev–Trinajstić information content (AvgIpc) is 2.26. The van der Waals surface area contributed by atoms with Crippen LogP contribution in [-0.2, 0) is 17.1 Å². The molecule has 16 heavy (non-hydrogen) atoms. The van der Waals surface area contributed by atoms with Crippen LogP contribution in [0.2, 0.25) is 0 Å². The van der Waals surface area contributed by atoms with E-state index in [0.29, 0.717) is 0 Å². The molecule has 0 aliphatic carbocycles. The van der Waals surface area contributed by atoms with Crippen molar-refractivity contribution in [1.82, 2.24) is 0 Å². The fraction of sp³-hybridized carbons (Fsp3) is 0. The van der Waals surface area contributed by atoms with Crippen LogP contribution in [0.15, 0.2) is 58.3 Å². The summed E-state index contributed by atoms with van der Waals surface area (Å²) in [6, 6.07) is 16.8. The fourth-order valence-corrected chi connectivity index (χ4v) is 2.57. The van der Waals surface area contributed by atoms with Crippen molar-refractivity contribution in [3.63, 3.8) is 0 Å². The van der Waals surface area contributed by atoms with E-state index in [4.69, 9.17) is 0 Å². The molecule has 0 bridgehead atoms. The Kier molecular flexibility index (Phi) is 4.75. The zero-order valence-corrected chi connectivity index (χ0v) is 10.7. The molecule has 0 unspecified atom stereocenters. The normalized spacial score (nSPS) is 11.0. The summed E-state index contributed by atoms with van der Waals surface area (Å²) in [6.45, 7) is 0. The Morgan fingerprint density at radius 1 is 0.750 bits per heavy atom. The van der Waals surface area contributed by atoms with Crippen LogP contribution in [0.4, 0.5) is 11.4 Å². The maximum atomic E-state index is 3.42. The third-order valence-electron chi connectivity index (χ3n) is 2.26. The minimum Gasteiger partial charge on any atom is -1.00 e. The summed E-state index contributed by atoms with van der Waals surface area (Å²) >= 11 is 1.82. The van der Waals surface area contributed by atoms with Crippen molar-refractivity contribution in [1.29, 1.82) is 0 Å². The van der Waals surface area contributed by atoms with Gasteiger partial charge in [-0.15, -0.1) is 0 Å². The number of benzene rings is 2. The first-order valence-electron chi connectivity index (χ1n) is 4.56. The van der Waals surface area contributed by atoms with Gasteiger partial charge in [-0.1, -0.05) is 36.0 Å². The molecule has 0 saturated heterocycles. The van der Waals surface area contributed by atoms with Gasteiger partial charge in [0.05, 0.1) is 11.4 Å². The third-order valence-corrected chi connectivity index (χ3v) is 3.42. The van der Waals surface area contributed by atoms with E-state index in [1.807, 2.05) is 11.8 Å². The minimum absolute atomic E-state index is 0. The molecule has 0 fully saturated rings. The standard InChI is InChI=1S/C12H9NS.ClH.Cu/c1-3-7-11-9(5-1)13-10-6-2-4-8-12(10)14-11;;/h1-8,13H;1H;/q;;+2/p-1. The van der Waals surface area contributed by atoms with E-state index in [0.717, 1.165) is 0 Å². The van der Waals surface area contributed by atoms with Crippen molar-refractivity contribution < 1.29 is 29.5 Å². The Balaban J connectivity index is 0.000000640. The number of nitrogens with one attached hydrogen (secondary N) is 1. The predicted octanol–water partition coefficient (Wildman–Crippen LogP) is 0.896. The third kappa shape index (κ3) is 2.38. The molecule has 2 aromatic carbocycles. The largest absolute Gasteiger partial charge is 2.00 e. The number of hydrogen-bond acceptors (Lipinski definition) is 2. The van der Waals surface area contributed by atoms with E-state index < -0.39 is 0 Å². The summed E-state index contributed by atoms with van der Waals surface area (Å²) in [6.07, 6.45) is 0. The topological polar surface area (TPSA) is 12.0 Å². The first-order valence-corrected chi connectivity index (χ1v) is 5.38. The van der Waals surface area contributed by atoms with E-state index in [-0.39, 0.29) is 29.5 Å². The molecule has 1 nitrogen and oxygen atoms in total. The van der Waals surface area contributed by atoms with Crippen molar-refractivity contribution in [3.8, 4) is 0 Å². The maximum absolute atomic E-state index is 3.42. The smallest absolute Gasteiger partial charge is 1.00 e. The van der Waals surface area contributed by atoms with Gasteiger partial charge in [0.15, 0.2) is 0 Å². The first-order chi connectivity index (χ1) is 6.93. The van der Waals surface area contributed by atoms with Gasteiger partial charge in [-0.05, 0) is 24.3 Å². The molecular weight excluding hydrogens is 289 g/mol.